The zero-order chi connectivity index (χ0) is 10.7. The van der Waals surface area contributed by atoms with Crippen LogP contribution in [0.15, 0.2) is 24.3 Å². The van der Waals surface area contributed by atoms with E-state index >= 15 is 0 Å². The summed E-state index contributed by atoms with van der Waals surface area (Å²) in [4.78, 5) is 0. The topological polar surface area (TPSA) is 12.0 Å². The Morgan fingerprint density at radius 1 is 1.40 bits per heavy atom. The largest absolute Gasteiger partial charge is 0.314 e. The lowest BCUT2D eigenvalue weighted by molar-refractivity contribution is 0.440. The third-order valence-corrected chi connectivity index (χ3v) is 3.34. The Morgan fingerprint density at radius 3 is 2.93 bits per heavy atom. The summed E-state index contributed by atoms with van der Waals surface area (Å²) < 4.78 is 0. The smallest absolute Gasteiger partial charge is 0.00446 e. The molecule has 1 aliphatic rings. The molecule has 82 valence electrons. The van der Waals surface area contributed by atoms with E-state index in [9.17, 15) is 0 Å². The Hall–Kier alpha value is -0.820. The van der Waals surface area contributed by atoms with Gasteiger partial charge in [-0.2, -0.15) is 0 Å². The predicted octanol–water partition coefficient (Wildman–Crippen LogP) is 3.10. The normalized spacial score (nSPS) is 20.5. The molecular weight excluding hydrogens is 182 g/mol. The van der Waals surface area contributed by atoms with Gasteiger partial charge < -0.3 is 5.32 Å². The maximum Gasteiger partial charge on any atom is 0.00446 e. The van der Waals surface area contributed by atoms with Gasteiger partial charge in [-0.3, -0.25) is 0 Å². The lowest BCUT2D eigenvalue weighted by atomic mass is 9.74. The van der Waals surface area contributed by atoms with E-state index in [4.69, 9.17) is 0 Å². The van der Waals surface area contributed by atoms with Gasteiger partial charge in [0.15, 0.2) is 0 Å². The van der Waals surface area contributed by atoms with Crippen LogP contribution in [-0.4, -0.2) is 12.6 Å². The highest BCUT2D eigenvalue weighted by atomic mass is 14.9. The molecule has 0 aromatic heterocycles. The van der Waals surface area contributed by atoms with Gasteiger partial charge in [0.05, 0.1) is 0 Å². The molecule has 0 radical (unpaired) electrons. The zero-order valence-corrected chi connectivity index (χ0v) is 9.79. The van der Waals surface area contributed by atoms with Gasteiger partial charge in [-0.25, -0.2) is 0 Å². The first-order valence-corrected chi connectivity index (χ1v) is 6.12. The van der Waals surface area contributed by atoms with Crippen molar-refractivity contribution in [2.24, 2.45) is 0 Å². The molecule has 1 aromatic rings. The van der Waals surface area contributed by atoms with Crippen molar-refractivity contribution < 1.29 is 0 Å². The first-order chi connectivity index (χ1) is 7.31. The molecular formula is C14H21N. The maximum absolute atomic E-state index is 3.56. The van der Waals surface area contributed by atoms with Crippen molar-refractivity contribution in [2.75, 3.05) is 6.54 Å². The van der Waals surface area contributed by atoms with Crippen LogP contribution in [0.3, 0.4) is 0 Å². The van der Waals surface area contributed by atoms with E-state index in [0.29, 0.717) is 6.04 Å². The summed E-state index contributed by atoms with van der Waals surface area (Å²) in [6, 6.07) is 9.51. The molecule has 0 heterocycles. The molecule has 15 heavy (non-hydrogen) atoms. The van der Waals surface area contributed by atoms with Crippen molar-refractivity contribution in [3.05, 3.63) is 35.4 Å². The van der Waals surface area contributed by atoms with Gasteiger partial charge in [0.1, 0.15) is 0 Å². The third-order valence-electron chi connectivity index (χ3n) is 3.34. The molecule has 2 atom stereocenters. The summed E-state index contributed by atoms with van der Waals surface area (Å²) in [6.07, 6.45) is 3.80. The molecule has 1 aliphatic carbocycles. The van der Waals surface area contributed by atoms with Crippen LogP contribution in [-0.2, 0) is 6.42 Å². The van der Waals surface area contributed by atoms with E-state index < -0.39 is 0 Å². The van der Waals surface area contributed by atoms with Gasteiger partial charge in [0, 0.05) is 6.04 Å². The van der Waals surface area contributed by atoms with Crippen LogP contribution in [0.1, 0.15) is 43.7 Å². The van der Waals surface area contributed by atoms with Gasteiger partial charge in [-0.1, -0.05) is 31.2 Å². The molecule has 1 nitrogen and oxygen atoms in total. The first-order valence-electron chi connectivity index (χ1n) is 6.12. The van der Waals surface area contributed by atoms with E-state index in [0.717, 1.165) is 12.5 Å². The Morgan fingerprint density at radius 2 is 2.20 bits per heavy atom. The van der Waals surface area contributed by atoms with E-state index in [1.54, 1.807) is 11.1 Å². The summed E-state index contributed by atoms with van der Waals surface area (Å²) in [5, 5.41) is 3.56. The molecule has 0 fully saturated rings. The maximum atomic E-state index is 3.56. The fourth-order valence-corrected chi connectivity index (χ4v) is 2.47. The Kier molecular flexibility index (Phi) is 3.42. The summed E-state index contributed by atoms with van der Waals surface area (Å²) in [5.74, 6) is 0.806. The van der Waals surface area contributed by atoms with Gasteiger partial charge in [-0.15, -0.1) is 0 Å². The van der Waals surface area contributed by atoms with Gasteiger partial charge in [-0.05, 0) is 49.8 Å². The van der Waals surface area contributed by atoms with E-state index in [1.807, 2.05) is 0 Å². The second-order valence-corrected chi connectivity index (χ2v) is 4.69. The highest BCUT2D eigenvalue weighted by Gasteiger charge is 2.26. The highest BCUT2D eigenvalue weighted by Crippen LogP contribution is 2.37. The highest BCUT2D eigenvalue weighted by molar-refractivity contribution is 5.39. The number of hydrogen-bond acceptors (Lipinski definition) is 1. The SMILES string of the molecule is CCCNC(C)CC1Cc2ccccc21. The molecule has 1 heteroatoms. The monoisotopic (exact) mass is 203 g/mol. The molecule has 0 saturated heterocycles. The second-order valence-electron chi connectivity index (χ2n) is 4.69. The van der Waals surface area contributed by atoms with Crippen molar-refractivity contribution >= 4 is 0 Å². The van der Waals surface area contributed by atoms with Crippen molar-refractivity contribution in [3.63, 3.8) is 0 Å². The van der Waals surface area contributed by atoms with E-state index in [1.165, 1.54) is 19.3 Å². The minimum atomic E-state index is 0.656. The molecule has 2 rings (SSSR count). The summed E-state index contributed by atoms with van der Waals surface area (Å²) >= 11 is 0. The number of nitrogens with one attached hydrogen (secondary N) is 1. The molecule has 2 unspecified atom stereocenters. The van der Waals surface area contributed by atoms with E-state index in [2.05, 4.69) is 43.4 Å². The Labute approximate surface area is 92.9 Å². The van der Waals surface area contributed by atoms with Crippen molar-refractivity contribution in [2.45, 2.75) is 45.1 Å². The lowest BCUT2D eigenvalue weighted by Crippen LogP contribution is -2.31. The summed E-state index contributed by atoms with van der Waals surface area (Å²) in [7, 11) is 0. The van der Waals surface area contributed by atoms with Crippen molar-refractivity contribution in [3.8, 4) is 0 Å². The van der Waals surface area contributed by atoms with Crippen LogP contribution in [0.2, 0.25) is 0 Å². The van der Waals surface area contributed by atoms with Crippen LogP contribution >= 0.6 is 0 Å². The second kappa shape index (κ2) is 4.80. The fraction of sp³-hybridized carbons (Fsp3) is 0.571. The number of fused-ring (bicyclic) bond motifs is 1. The van der Waals surface area contributed by atoms with Gasteiger partial charge in [0.25, 0.3) is 0 Å². The molecule has 0 saturated carbocycles. The standard InChI is InChI=1S/C14H21N/c1-3-8-15-11(2)9-13-10-12-6-4-5-7-14(12)13/h4-7,11,13,15H,3,8-10H2,1-2H3. The zero-order valence-electron chi connectivity index (χ0n) is 9.79. The quantitative estimate of drug-likeness (QED) is 0.775. The number of hydrogen-bond donors (Lipinski definition) is 1. The van der Waals surface area contributed by atoms with Crippen molar-refractivity contribution in [1.82, 2.24) is 5.32 Å². The van der Waals surface area contributed by atoms with E-state index in [-0.39, 0.29) is 0 Å². The average Bonchev–Trinajstić information content (AvgIpc) is 2.23. The van der Waals surface area contributed by atoms with Crippen LogP contribution in [0.4, 0.5) is 0 Å². The third kappa shape index (κ3) is 2.40. The Balaban J connectivity index is 1.84. The minimum Gasteiger partial charge on any atom is -0.314 e. The fourth-order valence-electron chi connectivity index (χ4n) is 2.47. The van der Waals surface area contributed by atoms with Crippen LogP contribution in [0.5, 0.6) is 0 Å². The van der Waals surface area contributed by atoms with Gasteiger partial charge >= 0.3 is 0 Å². The molecule has 0 bridgehead atoms. The first kappa shape index (κ1) is 10.7. The van der Waals surface area contributed by atoms with Crippen LogP contribution in [0, 0.1) is 0 Å². The number of benzene rings is 1. The predicted molar refractivity (Wildman–Crippen MR) is 65.3 cm³/mol. The average molecular weight is 203 g/mol. The number of rotatable bonds is 5. The summed E-state index contributed by atoms with van der Waals surface area (Å²) in [6.45, 7) is 5.67. The summed E-state index contributed by atoms with van der Waals surface area (Å²) in [5.41, 5.74) is 3.15. The van der Waals surface area contributed by atoms with Crippen molar-refractivity contribution in [1.29, 1.82) is 0 Å². The molecule has 1 N–H and O–H groups in total. The minimum absolute atomic E-state index is 0.656. The van der Waals surface area contributed by atoms with Crippen LogP contribution < -0.4 is 5.32 Å². The molecule has 1 aromatic carbocycles. The molecule has 0 spiro atoms. The molecule has 0 aliphatic heterocycles. The van der Waals surface area contributed by atoms with Gasteiger partial charge in [0.2, 0.25) is 0 Å². The Bertz CT molecular complexity index is 319. The van der Waals surface area contributed by atoms with Crippen LogP contribution in [0.25, 0.3) is 0 Å². The molecule has 0 amide bonds. The lowest BCUT2D eigenvalue weighted by Gasteiger charge is -2.32.